The number of hydrogen-bond acceptors (Lipinski definition) is 3. The van der Waals surface area contributed by atoms with E-state index < -0.39 is 0 Å². The fraction of sp³-hybridized carbons (Fsp3) is 0.471. The van der Waals surface area contributed by atoms with E-state index in [2.05, 4.69) is 29.2 Å². The van der Waals surface area contributed by atoms with Crippen molar-refractivity contribution in [2.45, 2.75) is 38.2 Å². The molecule has 1 aliphatic carbocycles. The maximum Gasteiger partial charge on any atom is 0.123 e. The molecule has 0 spiro atoms. The number of ether oxygens (including phenoxy) is 1. The minimum Gasteiger partial charge on any atom is -0.376 e. The Morgan fingerprint density at radius 2 is 1.95 bits per heavy atom. The molecule has 3 rings (SSSR count). The van der Waals surface area contributed by atoms with Crippen LogP contribution in [0, 0.1) is 5.92 Å². The minimum absolute atomic E-state index is 0.476. The molecule has 1 aliphatic rings. The van der Waals surface area contributed by atoms with E-state index in [9.17, 15) is 0 Å². The Balaban J connectivity index is 1.53. The van der Waals surface area contributed by atoms with Gasteiger partial charge in [0.15, 0.2) is 0 Å². The van der Waals surface area contributed by atoms with E-state index >= 15 is 0 Å². The van der Waals surface area contributed by atoms with Crippen LogP contribution < -0.4 is 0 Å². The molecule has 112 valence electrons. The largest absolute Gasteiger partial charge is 0.376 e. The Morgan fingerprint density at radius 3 is 2.62 bits per heavy atom. The van der Waals surface area contributed by atoms with Crippen molar-refractivity contribution in [2.75, 3.05) is 6.61 Å². The SMILES string of the molecule is ClCc1csc(-c2ccc(COCC3CCCC3)cc2)n1. The Kier molecular flexibility index (Phi) is 5.28. The molecule has 0 saturated heterocycles. The summed E-state index contributed by atoms with van der Waals surface area (Å²) in [6, 6.07) is 8.49. The van der Waals surface area contributed by atoms with Gasteiger partial charge in [0.25, 0.3) is 0 Å². The summed E-state index contributed by atoms with van der Waals surface area (Å²) in [5.74, 6) is 1.26. The molecule has 21 heavy (non-hydrogen) atoms. The fourth-order valence-electron chi connectivity index (χ4n) is 2.76. The highest BCUT2D eigenvalue weighted by Crippen LogP contribution is 2.26. The average Bonchev–Trinajstić information content (AvgIpc) is 3.19. The maximum atomic E-state index is 5.84. The van der Waals surface area contributed by atoms with Gasteiger partial charge in [0.1, 0.15) is 5.01 Å². The zero-order valence-electron chi connectivity index (χ0n) is 12.1. The molecule has 0 radical (unpaired) electrons. The highest BCUT2D eigenvalue weighted by Gasteiger charge is 2.14. The van der Waals surface area contributed by atoms with Gasteiger partial charge in [-0.05, 0) is 24.3 Å². The first kappa shape index (κ1) is 15.0. The van der Waals surface area contributed by atoms with E-state index in [0.717, 1.165) is 28.8 Å². The lowest BCUT2D eigenvalue weighted by atomic mass is 10.1. The van der Waals surface area contributed by atoms with Gasteiger partial charge >= 0.3 is 0 Å². The quantitative estimate of drug-likeness (QED) is 0.677. The van der Waals surface area contributed by atoms with Gasteiger partial charge in [0.2, 0.25) is 0 Å². The van der Waals surface area contributed by atoms with Gasteiger partial charge in [0.05, 0.1) is 18.2 Å². The molecule has 2 aromatic rings. The van der Waals surface area contributed by atoms with Gasteiger partial charge in [-0.1, -0.05) is 37.1 Å². The summed E-state index contributed by atoms with van der Waals surface area (Å²) in [4.78, 5) is 4.50. The topological polar surface area (TPSA) is 22.1 Å². The summed E-state index contributed by atoms with van der Waals surface area (Å²) in [5.41, 5.74) is 3.32. The molecule has 1 aromatic heterocycles. The van der Waals surface area contributed by atoms with E-state index in [1.54, 1.807) is 11.3 Å². The highest BCUT2D eigenvalue weighted by atomic mass is 35.5. The van der Waals surface area contributed by atoms with Gasteiger partial charge in [-0.25, -0.2) is 4.98 Å². The summed E-state index contributed by atoms with van der Waals surface area (Å²) in [6.45, 7) is 1.62. The van der Waals surface area contributed by atoms with Gasteiger partial charge in [-0.2, -0.15) is 0 Å². The van der Waals surface area contributed by atoms with Gasteiger partial charge < -0.3 is 4.74 Å². The summed E-state index contributed by atoms with van der Waals surface area (Å²) in [6.07, 6.45) is 5.43. The first-order valence-electron chi connectivity index (χ1n) is 7.52. The lowest BCUT2D eigenvalue weighted by Gasteiger charge is -2.10. The standard InChI is InChI=1S/C17H20ClNOS/c18-9-16-12-21-17(19-16)15-7-5-14(6-8-15)11-20-10-13-3-1-2-4-13/h5-8,12-13H,1-4,9-11H2. The monoisotopic (exact) mass is 321 g/mol. The van der Waals surface area contributed by atoms with E-state index in [0.29, 0.717) is 12.5 Å². The van der Waals surface area contributed by atoms with Crippen molar-refractivity contribution in [3.63, 3.8) is 0 Å². The molecule has 2 nitrogen and oxygen atoms in total. The lowest BCUT2D eigenvalue weighted by molar-refractivity contribution is 0.0889. The van der Waals surface area contributed by atoms with Crippen molar-refractivity contribution in [2.24, 2.45) is 5.92 Å². The summed E-state index contributed by atoms with van der Waals surface area (Å²) in [7, 11) is 0. The lowest BCUT2D eigenvalue weighted by Crippen LogP contribution is -2.05. The third kappa shape index (κ3) is 4.06. The first-order chi connectivity index (χ1) is 10.3. The minimum atomic E-state index is 0.476. The van der Waals surface area contributed by atoms with Crippen molar-refractivity contribution in [1.82, 2.24) is 4.98 Å². The summed E-state index contributed by atoms with van der Waals surface area (Å²) in [5, 5.41) is 3.05. The molecule has 1 heterocycles. The second-order valence-electron chi connectivity index (χ2n) is 5.64. The van der Waals surface area contributed by atoms with Crippen LogP contribution >= 0.6 is 22.9 Å². The van der Waals surface area contributed by atoms with Crippen molar-refractivity contribution in [3.8, 4) is 10.6 Å². The third-order valence-corrected chi connectivity index (χ3v) is 5.20. The van der Waals surface area contributed by atoms with Crippen molar-refractivity contribution in [3.05, 3.63) is 40.9 Å². The first-order valence-corrected chi connectivity index (χ1v) is 8.94. The number of aromatic nitrogens is 1. The number of nitrogens with zero attached hydrogens (tertiary/aromatic N) is 1. The second kappa shape index (κ2) is 7.39. The number of hydrogen-bond donors (Lipinski definition) is 0. The molecule has 0 atom stereocenters. The molecular weight excluding hydrogens is 302 g/mol. The highest BCUT2D eigenvalue weighted by molar-refractivity contribution is 7.13. The second-order valence-corrected chi connectivity index (χ2v) is 6.77. The number of alkyl halides is 1. The molecule has 4 heteroatoms. The molecule has 0 bridgehead atoms. The van der Waals surface area contributed by atoms with E-state index in [-0.39, 0.29) is 0 Å². The molecule has 1 aromatic carbocycles. The molecular formula is C17H20ClNOS. The van der Waals surface area contributed by atoms with Crippen LogP contribution in [0.3, 0.4) is 0 Å². The van der Waals surface area contributed by atoms with Crippen molar-refractivity contribution >= 4 is 22.9 Å². The van der Waals surface area contributed by atoms with Crippen LogP contribution in [0.15, 0.2) is 29.6 Å². The molecule has 0 N–H and O–H groups in total. The number of benzene rings is 1. The fourth-order valence-corrected chi connectivity index (χ4v) is 3.82. The van der Waals surface area contributed by atoms with Crippen LogP contribution in [0.4, 0.5) is 0 Å². The number of halogens is 1. The zero-order chi connectivity index (χ0) is 14.5. The Labute approximate surface area is 135 Å². The van der Waals surface area contributed by atoms with Gasteiger partial charge in [-0.3, -0.25) is 0 Å². The van der Waals surface area contributed by atoms with Crippen LogP contribution in [0.25, 0.3) is 10.6 Å². The zero-order valence-corrected chi connectivity index (χ0v) is 13.6. The summed E-state index contributed by atoms with van der Waals surface area (Å²) < 4.78 is 5.84. The van der Waals surface area contributed by atoms with Crippen LogP contribution in [-0.4, -0.2) is 11.6 Å². The molecule has 0 aliphatic heterocycles. The van der Waals surface area contributed by atoms with Crippen molar-refractivity contribution in [1.29, 1.82) is 0 Å². The summed E-state index contributed by atoms with van der Waals surface area (Å²) >= 11 is 7.43. The van der Waals surface area contributed by atoms with E-state index in [4.69, 9.17) is 16.3 Å². The van der Waals surface area contributed by atoms with Crippen LogP contribution in [0.2, 0.25) is 0 Å². The third-order valence-electron chi connectivity index (χ3n) is 3.99. The Hall–Kier alpha value is -0.900. The van der Waals surface area contributed by atoms with E-state index in [1.165, 1.54) is 31.2 Å². The Morgan fingerprint density at radius 1 is 1.19 bits per heavy atom. The van der Waals surface area contributed by atoms with Crippen LogP contribution in [0.5, 0.6) is 0 Å². The normalized spacial score (nSPS) is 15.7. The van der Waals surface area contributed by atoms with Crippen LogP contribution in [0.1, 0.15) is 36.9 Å². The van der Waals surface area contributed by atoms with Gasteiger partial charge in [-0.15, -0.1) is 22.9 Å². The van der Waals surface area contributed by atoms with E-state index in [1.807, 2.05) is 5.38 Å². The van der Waals surface area contributed by atoms with Crippen molar-refractivity contribution < 1.29 is 4.74 Å². The molecule has 0 amide bonds. The Bertz CT molecular complexity index is 560. The predicted molar refractivity (Wildman–Crippen MR) is 88.7 cm³/mol. The smallest absolute Gasteiger partial charge is 0.123 e. The molecule has 0 unspecified atom stereocenters. The van der Waals surface area contributed by atoms with Crippen LogP contribution in [-0.2, 0) is 17.2 Å². The number of thiazole rings is 1. The molecule has 1 fully saturated rings. The number of rotatable bonds is 6. The molecule has 1 saturated carbocycles. The predicted octanol–water partition coefficient (Wildman–Crippen LogP) is 5.26. The van der Waals surface area contributed by atoms with Gasteiger partial charge in [0, 0.05) is 17.6 Å². The maximum absolute atomic E-state index is 5.84. The average molecular weight is 322 g/mol.